The second-order valence-electron chi connectivity index (χ2n) is 5.04. The van der Waals surface area contributed by atoms with Gasteiger partial charge in [-0.3, -0.25) is 0 Å². The summed E-state index contributed by atoms with van der Waals surface area (Å²) >= 11 is 0. The van der Waals surface area contributed by atoms with Crippen LogP contribution >= 0.6 is 0 Å². The Morgan fingerprint density at radius 1 is 1.11 bits per heavy atom. The van der Waals surface area contributed by atoms with E-state index in [0.29, 0.717) is 12.1 Å². The van der Waals surface area contributed by atoms with Crippen molar-refractivity contribution in [3.63, 3.8) is 0 Å². The van der Waals surface area contributed by atoms with Crippen LogP contribution in [0.15, 0.2) is 34.3 Å². The summed E-state index contributed by atoms with van der Waals surface area (Å²) in [4.78, 5) is 28.6. The van der Waals surface area contributed by atoms with E-state index >= 15 is 0 Å². The first-order valence-electron chi connectivity index (χ1n) is 6.54. The van der Waals surface area contributed by atoms with Gasteiger partial charge in [-0.25, -0.2) is 9.59 Å². The van der Waals surface area contributed by atoms with Gasteiger partial charge in [0, 0.05) is 0 Å². The van der Waals surface area contributed by atoms with Gasteiger partial charge in [0.2, 0.25) is 12.2 Å². The number of aliphatic imine (C=N–C) groups is 2. The second-order valence-corrected chi connectivity index (χ2v) is 5.04. The van der Waals surface area contributed by atoms with Gasteiger partial charge in [-0.15, -0.1) is 0 Å². The maximum absolute atomic E-state index is 10.7. The molecule has 19 heavy (non-hydrogen) atoms. The van der Waals surface area contributed by atoms with Crippen LogP contribution in [0.25, 0.3) is 0 Å². The molecule has 1 fully saturated rings. The SMILES string of the molecule is O=C=Nc1cccc(CC2(N=C=O)CCCCC2)c1. The average molecular weight is 256 g/mol. The minimum atomic E-state index is -0.316. The van der Waals surface area contributed by atoms with Gasteiger partial charge >= 0.3 is 0 Å². The van der Waals surface area contributed by atoms with E-state index in [4.69, 9.17) is 0 Å². The molecule has 1 aliphatic carbocycles. The monoisotopic (exact) mass is 256 g/mol. The molecule has 0 spiro atoms. The molecule has 0 saturated heterocycles. The standard InChI is InChI=1S/C15H16N2O2/c18-11-16-14-6-4-5-13(9-14)10-15(17-12-19)7-2-1-3-8-15/h4-6,9H,1-3,7-8,10H2. The highest BCUT2D eigenvalue weighted by Crippen LogP contribution is 2.35. The minimum absolute atomic E-state index is 0.316. The number of rotatable bonds is 4. The summed E-state index contributed by atoms with van der Waals surface area (Å²) in [5.74, 6) is 0. The van der Waals surface area contributed by atoms with E-state index in [1.165, 1.54) is 12.5 Å². The van der Waals surface area contributed by atoms with Crippen LogP contribution in [0.5, 0.6) is 0 Å². The van der Waals surface area contributed by atoms with Crippen molar-refractivity contribution < 1.29 is 9.59 Å². The van der Waals surface area contributed by atoms with E-state index in [0.717, 1.165) is 31.2 Å². The second kappa shape index (κ2) is 6.24. The van der Waals surface area contributed by atoms with Gasteiger partial charge in [0.1, 0.15) is 0 Å². The maximum atomic E-state index is 10.7. The van der Waals surface area contributed by atoms with Gasteiger partial charge in [-0.2, -0.15) is 9.98 Å². The third-order valence-electron chi connectivity index (χ3n) is 3.69. The van der Waals surface area contributed by atoms with Crippen molar-refractivity contribution in [1.29, 1.82) is 0 Å². The summed E-state index contributed by atoms with van der Waals surface area (Å²) in [5.41, 5.74) is 1.31. The molecule has 2 rings (SSSR count). The van der Waals surface area contributed by atoms with Crippen molar-refractivity contribution >= 4 is 17.8 Å². The van der Waals surface area contributed by atoms with Gasteiger partial charge in [-0.05, 0) is 37.0 Å². The Kier molecular flexibility index (Phi) is 4.40. The van der Waals surface area contributed by atoms with Crippen LogP contribution in [0.1, 0.15) is 37.7 Å². The van der Waals surface area contributed by atoms with Crippen molar-refractivity contribution in [2.45, 2.75) is 44.1 Å². The van der Waals surface area contributed by atoms with Gasteiger partial charge in [0.05, 0.1) is 11.2 Å². The molecule has 0 atom stereocenters. The Labute approximate surface area is 112 Å². The Morgan fingerprint density at radius 2 is 1.89 bits per heavy atom. The lowest BCUT2D eigenvalue weighted by atomic mass is 9.78. The maximum Gasteiger partial charge on any atom is 0.240 e. The number of benzene rings is 1. The lowest BCUT2D eigenvalue weighted by Crippen LogP contribution is -2.32. The fourth-order valence-electron chi connectivity index (χ4n) is 2.80. The Hall–Kier alpha value is -2.02. The van der Waals surface area contributed by atoms with Crippen molar-refractivity contribution in [1.82, 2.24) is 0 Å². The summed E-state index contributed by atoms with van der Waals surface area (Å²) in [6.07, 6.45) is 9.19. The zero-order chi connectivity index (χ0) is 13.6. The first-order chi connectivity index (χ1) is 9.28. The number of hydrogen-bond acceptors (Lipinski definition) is 4. The molecule has 4 nitrogen and oxygen atoms in total. The van der Waals surface area contributed by atoms with E-state index in [-0.39, 0.29) is 5.54 Å². The highest BCUT2D eigenvalue weighted by atomic mass is 16.1. The largest absolute Gasteiger partial charge is 0.240 e. The zero-order valence-electron chi connectivity index (χ0n) is 10.8. The molecule has 0 N–H and O–H groups in total. The van der Waals surface area contributed by atoms with Gasteiger partial charge < -0.3 is 0 Å². The van der Waals surface area contributed by atoms with E-state index < -0.39 is 0 Å². The Balaban J connectivity index is 2.23. The van der Waals surface area contributed by atoms with Crippen molar-refractivity contribution in [3.05, 3.63) is 29.8 Å². The predicted molar refractivity (Wildman–Crippen MR) is 71.9 cm³/mol. The Bertz CT molecular complexity index is 535. The quantitative estimate of drug-likeness (QED) is 0.613. The van der Waals surface area contributed by atoms with Gasteiger partial charge in [-0.1, -0.05) is 31.4 Å². The number of carbonyl (C=O) groups excluding carboxylic acids is 2. The molecule has 0 unspecified atom stereocenters. The molecular formula is C15H16N2O2. The molecule has 0 bridgehead atoms. The summed E-state index contributed by atoms with van der Waals surface area (Å²) in [6, 6.07) is 7.43. The third-order valence-corrected chi connectivity index (χ3v) is 3.69. The highest BCUT2D eigenvalue weighted by molar-refractivity contribution is 5.50. The fraction of sp³-hybridized carbons (Fsp3) is 0.467. The van der Waals surface area contributed by atoms with Crippen LogP contribution in [0.4, 0.5) is 5.69 Å². The minimum Gasteiger partial charge on any atom is -0.211 e. The summed E-state index contributed by atoms with van der Waals surface area (Å²) in [7, 11) is 0. The van der Waals surface area contributed by atoms with E-state index in [1.807, 2.05) is 18.2 Å². The van der Waals surface area contributed by atoms with Crippen LogP contribution in [0.3, 0.4) is 0 Å². The summed E-state index contributed by atoms with van der Waals surface area (Å²) in [5, 5.41) is 0. The molecule has 0 amide bonds. The summed E-state index contributed by atoms with van der Waals surface area (Å²) < 4.78 is 0. The number of hydrogen-bond donors (Lipinski definition) is 0. The van der Waals surface area contributed by atoms with Crippen molar-refractivity contribution in [2.24, 2.45) is 9.98 Å². The molecule has 1 saturated carbocycles. The first-order valence-corrected chi connectivity index (χ1v) is 6.54. The first kappa shape index (κ1) is 13.4. The third kappa shape index (κ3) is 3.47. The van der Waals surface area contributed by atoms with E-state index in [1.54, 1.807) is 12.1 Å². The van der Waals surface area contributed by atoms with Crippen LogP contribution in [0.2, 0.25) is 0 Å². The summed E-state index contributed by atoms with van der Waals surface area (Å²) in [6.45, 7) is 0. The molecule has 98 valence electrons. The molecule has 0 aromatic heterocycles. The normalized spacial score (nSPS) is 17.1. The average Bonchev–Trinajstić information content (AvgIpc) is 2.41. The molecule has 0 radical (unpaired) electrons. The molecule has 1 aliphatic rings. The number of isocyanates is 2. The van der Waals surface area contributed by atoms with Crippen LogP contribution in [-0.2, 0) is 16.0 Å². The van der Waals surface area contributed by atoms with Gasteiger partial charge in [0.15, 0.2) is 0 Å². The Morgan fingerprint density at radius 3 is 2.58 bits per heavy atom. The lowest BCUT2D eigenvalue weighted by Gasteiger charge is -2.32. The topological polar surface area (TPSA) is 58.9 Å². The van der Waals surface area contributed by atoms with Crippen LogP contribution < -0.4 is 0 Å². The smallest absolute Gasteiger partial charge is 0.211 e. The lowest BCUT2D eigenvalue weighted by molar-refractivity contribution is 0.296. The molecule has 0 heterocycles. The molecule has 4 heteroatoms. The van der Waals surface area contributed by atoms with Gasteiger partial charge in [0.25, 0.3) is 0 Å². The molecule has 1 aromatic carbocycles. The number of nitrogens with zero attached hydrogens (tertiary/aromatic N) is 2. The van der Waals surface area contributed by atoms with Crippen molar-refractivity contribution in [3.8, 4) is 0 Å². The van der Waals surface area contributed by atoms with E-state index in [9.17, 15) is 9.59 Å². The molecule has 0 aliphatic heterocycles. The van der Waals surface area contributed by atoms with Crippen molar-refractivity contribution in [2.75, 3.05) is 0 Å². The van der Waals surface area contributed by atoms with Crippen LogP contribution in [0, 0.1) is 0 Å². The molecule has 1 aromatic rings. The van der Waals surface area contributed by atoms with Crippen LogP contribution in [-0.4, -0.2) is 17.7 Å². The fourth-order valence-corrected chi connectivity index (χ4v) is 2.80. The predicted octanol–water partition coefficient (Wildman–Crippen LogP) is 3.24. The molecular weight excluding hydrogens is 240 g/mol. The zero-order valence-corrected chi connectivity index (χ0v) is 10.8. The highest BCUT2D eigenvalue weighted by Gasteiger charge is 2.31. The van der Waals surface area contributed by atoms with E-state index in [2.05, 4.69) is 9.98 Å².